The molecule has 2 atom stereocenters. The molecule has 132 valence electrons. The second-order valence-electron chi connectivity index (χ2n) is 9.10. The van der Waals surface area contributed by atoms with Gasteiger partial charge in [-0.25, -0.2) is 0 Å². The van der Waals surface area contributed by atoms with Gasteiger partial charge in [-0.2, -0.15) is 0 Å². The van der Waals surface area contributed by atoms with E-state index in [9.17, 15) is 4.79 Å². The van der Waals surface area contributed by atoms with Crippen molar-refractivity contribution in [1.82, 2.24) is 0 Å². The fourth-order valence-electron chi connectivity index (χ4n) is 6.23. The summed E-state index contributed by atoms with van der Waals surface area (Å²) in [4.78, 5) is 12.6. The summed E-state index contributed by atoms with van der Waals surface area (Å²) in [5.41, 5.74) is -0.223. The molecule has 0 spiro atoms. The van der Waals surface area contributed by atoms with Gasteiger partial charge in [-0.15, -0.1) is 0 Å². The van der Waals surface area contributed by atoms with Crippen molar-refractivity contribution in [1.29, 1.82) is 0 Å². The SMILES string of the molecule is CCCCC(C)(OC(=O)C(C)CC)C1C2CC3CC(C2)CC1C3. The molecule has 4 bridgehead atoms. The van der Waals surface area contributed by atoms with Crippen molar-refractivity contribution in [2.24, 2.45) is 35.5 Å². The van der Waals surface area contributed by atoms with Crippen LogP contribution in [0, 0.1) is 35.5 Å². The van der Waals surface area contributed by atoms with Gasteiger partial charge >= 0.3 is 5.97 Å². The first-order chi connectivity index (χ1) is 11.0. The molecule has 0 aromatic heterocycles. The van der Waals surface area contributed by atoms with E-state index in [2.05, 4.69) is 20.8 Å². The highest BCUT2D eigenvalue weighted by Crippen LogP contribution is 2.60. The van der Waals surface area contributed by atoms with Gasteiger partial charge < -0.3 is 4.74 Å². The van der Waals surface area contributed by atoms with Crippen molar-refractivity contribution >= 4 is 5.97 Å². The fraction of sp³-hybridized carbons (Fsp3) is 0.952. The Labute approximate surface area is 142 Å². The molecule has 4 fully saturated rings. The average Bonchev–Trinajstić information content (AvgIpc) is 2.51. The van der Waals surface area contributed by atoms with Crippen molar-refractivity contribution in [2.75, 3.05) is 0 Å². The molecular weight excluding hydrogens is 284 g/mol. The largest absolute Gasteiger partial charge is 0.459 e. The van der Waals surface area contributed by atoms with Crippen molar-refractivity contribution < 1.29 is 9.53 Å². The summed E-state index contributed by atoms with van der Waals surface area (Å²) in [6.07, 6.45) is 11.4. The number of carbonyl (C=O) groups excluding carboxylic acids is 1. The maximum atomic E-state index is 12.6. The van der Waals surface area contributed by atoms with Crippen LogP contribution in [-0.2, 0) is 9.53 Å². The Morgan fingerprint density at radius 3 is 2.13 bits per heavy atom. The Morgan fingerprint density at radius 1 is 1.09 bits per heavy atom. The summed E-state index contributed by atoms with van der Waals surface area (Å²) >= 11 is 0. The number of ether oxygens (including phenoxy) is 1. The number of esters is 1. The van der Waals surface area contributed by atoms with E-state index in [0.29, 0.717) is 5.92 Å². The Balaban J connectivity index is 1.79. The first-order valence-electron chi connectivity index (χ1n) is 10.2. The van der Waals surface area contributed by atoms with Crippen LogP contribution in [0.1, 0.15) is 85.5 Å². The van der Waals surface area contributed by atoms with E-state index in [-0.39, 0.29) is 17.5 Å². The Bertz CT molecular complexity index is 402. The second kappa shape index (κ2) is 6.76. The molecule has 2 unspecified atom stereocenters. The van der Waals surface area contributed by atoms with Gasteiger partial charge in [0, 0.05) is 5.92 Å². The van der Waals surface area contributed by atoms with Crippen LogP contribution in [0.2, 0.25) is 0 Å². The van der Waals surface area contributed by atoms with Gasteiger partial charge in [0.1, 0.15) is 5.60 Å². The van der Waals surface area contributed by atoms with Crippen LogP contribution < -0.4 is 0 Å². The van der Waals surface area contributed by atoms with E-state index >= 15 is 0 Å². The molecule has 4 aliphatic carbocycles. The number of hydrogen-bond donors (Lipinski definition) is 0. The molecule has 0 aromatic carbocycles. The zero-order valence-electron chi connectivity index (χ0n) is 15.6. The van der Waals surface area contributed by atoms with E-state index in [1.165, 1.54) is 44.9 Å². The molecular formula is C21H36O2. The van der Waals surface area contributed by atoms with E-state index in [1.54, 1.807) is 0 Å². The quantitative estimate of drug-likeness (QED) is 0.571. The van der Waals surface area contributed by atoms with Crippen LogP contribution in [0.25, 0.3) is 0 Å². The zero-order chi connectivity index (χ0) is 16.6. The lowest BCUT2D eigenvalue weighted by molar-refractivity contribution is -0.190. The Kier molecular flexibility index (Phi) is 5.09. The third-order valence-corrected chi connectivity index (χ3v) is 7.31. The first kappa shape index (κ1) is 17.3. The smallest absolute Gasteiger partial charge is 0.309 e. The summed E-state index contributed by atoms with van der Waals surface area (Å²) in [5, 5.41) is 0. The maximum Gasteiger partial charge on any atom is 0.309 e. The standard InChI is InChI=1S/C21H36O2/c1-5-7-8-21(4,23-20(22)14(3)6-2)19-17-10-15-9-16(12-17)13-18(19)11-15/h14-19H,5-13H2,1-4H3. The van der Waals surface area contributed by atoms with Crippen LogP contribution in [0.4, 0.5) is 0 Å². The highest BCUT2D eigenvalue weighted by atomic mass is 16.6. The normalized spacial score (nSPS) is 39.0. The Morgan fingerprint density at radius 2 is 1.65 bits per heavy atom. The molecule has 0 radical (unpaired) electrons. The van der Waals surface area contributed by atoms with Gasteiger partial charge in [-0.05, 0) is 82.0 Å². The average molecular weight is 321 g/mol. The number of carbonyl (C=O) groups is 1. The third kappa shape index (κ3) is 3.33. The summed E-state index contributed by atoms with van der Waals surface area (Å²) < 4.78 is 6.28. The van der Waals surface area contributed by atoms with Crippen LogP contribution in [0.5, 0.6) is 0 Å². The molecule has 0 heterocycles. The summed E-state index contributed by atoms with van der Waals surface area (Å²) in [6, 6.07) is 0. The van der Waals surface area contributed by atoms with Gasteiger partial charge in [0.2, 0.25) is 0 Å². The lowest BCUT2D eigenvalue weighted by Gasteiger charge is -2.58. The minimum absolute atomic E-state index is 0.0350. The number of hydrogen-bond acceptors (Lipinski definition) is 2. The second-order valence-corrected chi connectivity index (χ2v) is 9.10. The van der Waals surface area contributed by atoms with E-state index in [0.717, 1.165) is 36.5 Å². The van der Waals surface area contributed by atoms with E-state index < -0.39 is 0 Å². The molecule has 4 rings (SSSR count). The van der Waals surface area contributed by atoms with Crippen molar-refractivity contribution in [2.45, 2.75) is 91.1 Å². The highest BCUT2D eigenvalue weighted by Gasteiger charge is 2.55. The van der Waals surface area contributed by atoms with Gasteiger partial charge in [0.15, 0.2) is 0 Å². The minimum atomic E-state index is -0.223. The molecule has 23 heavy (non-hydrogen) atoms. The zero-order valence-corrected chi connectivity index (χ0v) is 15.6. The molecule has 4 saturated carbocycles. The molecule has 2 nitrogen and oxygen atoms in total. The molecule has 0 amide bonds. The summed E-state index contributed by atoms with van der Waals surface area (Å²) in [5.74, 6) is 4.29. The first-order valence-corrected chi connectivity index (χ1v) is 10.2. The summed E-state index contributed by atoms with van der Waals surface area (Å²) in [7, 11) is 0. The molecule has 0 aliphatic heterocycles. The number of rotatable bonds is 7. The monoisotopic (exact) mass is 320 g/mol. The maximum absolute atomic E-state index is 12.6. The highest BCUT2D eigenvalue weighted by molar-refractivity contribution is 5.72. The van der Waals surface area contributed by atoms with Crippen LogP contribution in [0.15, 0.2) is 0 Å². The van der Waals surface area contributed by atoms with Crippen LogP contribution in [0.3, 0.4) is 0 Å². The van der Waals surface area contributed by atoms with Crippen molar-refractivity contribution in [3.05, 3.63) is 0 Å². The molecule has 0 N–H and O–H groups in total. The lowest BCUT2D eigenvalue weighted by atomic mass is 9.48. The molecule has 2 heteroatoms. The Hall–Kier alpha value is -0.530. The van der Waals surface area contributed by atoms with E-state index in [1.807, 2.05) is 6.92 Å². The van der Waals surface area contributed by atoms with Crippen LogP contribution >= 0.6 is 0 Å². The fourth-order valence-corrected chi connectivity index (χ4v) is 6.23. The van der Waals surface area contributed by atoms with Crippen LogP contribution in [-0.4, -0.2) is 11.6 Å². The van der Waals surface area contributed by atoms with Gasteiger partial charge in [-0.3, -0.25) is 4.79 Å². The van der Waals surface area contributed by atoms with Gasteiger partial charge in [0.25, 0.3) is 0 Å². The number of unbranched alkanes of at least 4 members (excludes halogenated alkanes) is 1. The topological polar surface area (TPSA) is 26.3 Å². The van der Waals surface area contributed by atoms with Gasteiger partial charge in [-0.1, -0.05) is 27.2 Å². The predicted octanol–water partition coefficient (Wildman–Crippen LogP) is 5.60. The molecule has 0 aromatic rings. The minimum Gasteiger partial charge on any atom is -0.459 e. The molecule has 0 saturated heterocycles. The predicted molar refractivity (Wildman–Crippen MR) is 94.0 cm³/mol. The van der Waals surface area contributed by atoms with Crippen molar-refractivity contribution in [3.63, 3.8) is 0 Å². The summed E-state index contributed by atoms with van der Waals surface area (Å²) in [6.45, 7) is 8.61. The molecule has 4 aliphatic rings. The third-order valence-electron chi connectivity index (χ3n) is 7.31. The van der Waals surface area contributed by atoms with Crippen molar-refractivity contribution in [3.8, 4) is 0 Å². The van der Waals surface area contributed by atoms with E-state index in [4.69, 9.17) is 4.74 Å². The van der Waals surface area contributed by atoms with Gasteiger partial charge in [0.05, 0.1) is 5.92 Å². The lowest BCUT2D eigenvalue weighted by Crippen LogP contribution is -2.55.